The van der Waals surface area contributed by atoms with Crippen molar-refractivity contribution >= 4 is 5.91 Å². The molecule has 0 aromatic heterocycles. The number of carbonyl (C=O) groups excluding carboxylic acids is 1. The maximum absolute atomic E-state index is 10.6. The maximum Gasteiger partial charge on any atom is 0.235 e. The number of hydrazine groups is 1. The summed E-state index contributed by atoms with van der Waals surface area (Å²) in [5, 5.41) is 8.01. The van der Waals surface area contributed by atoms with Crippen LogP contribution in [0.3, 0.4) is 0 Å². The van der Waals surface area contributed by atoms with Gasteiger partial charge in [-0.1, -0.05) is 19.8 Å². The van der Waals surface area contributed by atoms with E-state index in [0.717, 1.165) is 19.3 Å². The van der Waals surface area contributed by atoms with E-state index in [4.69, 9.17) is 5.21 Å². The van der Waals surface area contributed by atoms with E-state index in [2.05, 4.69) is 12.3 Å². The molecule has 0 aromatic carbocycles. The summed E-state index contributed by atoms with van der Waals surface area (Å²) in [6, 6.07) is 0. The Balaban J connectivity index is 3.05. The third-order valence-corrected chi connectivity index (χ3v) is 1.20. The molecule has 0 aliphatic rings. The zero-order chi connectivity index (χ0) is 7.82. The van der Waals surface area contributed by atoms with E-state index in [0.29, 0.717) is 6.42 Å². The fraction of sp³-hybridized carbons (Fsp3) is 0.833. The molecule has 4 nitrogen and oxygen atoms in total. The van der Waals surface area contributed by atoms with Gasteiger partial charge in [-0.3, -0.25) is 15.4 Å². The molecule has 1 amide bonds. The normalized spacial score (nSPS) is 9.40. The third kappa shape index (κ3) is 5.53. The average Bonchev–Trinajstić information content (AvgIpc) is 1.89. The van der Waals surface area contributed by atoms with Gasteiger partial charge in [0.2, 0.25) is 5.91 Å². The van der Waals surface area contributed by atoms with E-state index in [1.54, 1.807) is 5.59 Å². The summed E-state index contributed by atoms with van der Waals surface area (Å²) in [5.74, 6) is -0.170. The van der Waals surface area contributed by atoms with Gasteiger partial charge < -0.3 is 0 Å². The minimum Gasteiger partial charge on any atom is -0.297 e. The number of carbonyl (C=O) groups is 1. The number of hydrogen-bond acceptors (Lipinski definition) is 3. The SMILES string of the molecule is CCCCCC(=O)NNO. The third-order valence-electron chi connectivity index (χ3n) is 1.20. The largest absolute Gasteiger partial charge is 0.297 e. The molecule has 4 heteroatoms. The van der Waals surface area contributed by atoms with E-state index in [1.165, 1.54) is 0 Å². The molecule has 10 heavy (non-hydrogen) atoms. The van der Waals surface area contributed by atoms with Gasteiger partial charge in [0.15, 0.2) is 0 Å². The molecule has 0 bridgehead atoms. The maximum atomic E-state index is 10.6. The standard InChI is InChI=1S/C6H14N2O2/c1-2-3-4-5-6(9)7-8-10/h8,10H,2-5H2,1H3,(H,7,9). The van der Waals surface area contributed by atoms with Crippen molar-refractivity contribution < 1.29 is 10.0 Å². The molecule has 0 aromatic rings. The summed E-state index contributed by atoms with van der Waals surface area (Å²) in [6.07, 6.45) is 3.50. The minimum atomic E-state index is -0.170. The molecular weight excluding hydrogens is 132 g/mol. The number of nitrogens with one attached hydrogen (secondary N) is 2. The van der Waals surface area contributed by atoms with Crippen LogP contribution in [0.1, 0.15) is 32.6 Å². The molecule has 0 fully saturated rings. The number of hydrogen-bond donors (Lipinski definition) is 3. The first-order chi connectivity index (χ1) is 4.81. The zero-order valence-electron chi connectivity index (χ0n) is 6.18. The second-order valence-corrected chi connectivity index (χ2v) is 2.12. The lowest BCUT2D eigenvalue weighted by molar-refractivity contribution is -0.125. The van der Waals surface area contributed by atoms with Crippen molar-refractivity contribution in [3.63, 3.8) is 0 Å². The van der Waals surface area contributed by atoms with Crippen LogP contribution in [0.2, 0.25) is 0 Å². The summed E-state index contributed by atoms with van der Waals surface area (Å²) >= 11 is 0. The van der Waals surface area contributed by atoms with Crippen molar-refractivity contribution in [2.75, 3.05) is 0 Å². The van der Waals surface area contributed by atoms with Gasteiger partial charge in [0, 0.05) is 6.42 Å². The monoisotopic (exact) mass is 146 g/mol. The first-order valence-electron chi connectivity index (χ1n) is 3.49. The molecule has 0 heterocycles. The van der Waals surface area contributed by atoms with Crippen LogP contribution >= 0.6 is 0 Å². The molecule has 0 aliphatic carbocycles. The fourth-order valence-corrected chi connectivity index (χ4v) is 0.660. The van der Waals surface area contributed by atoms with Gasteiger partial charge in [0.05, 0.1) is 0 Å². The lowest BCUT2D eigenvalue weighted by Gasteiger charge is -1.99. The summed E-state index contributed by atoms with van der Waals surface area (Å²) in [4.78, 5) is 10.6. The van der Waals surface area contributed by atoms with E-state index < -0.39 is 0 Å². The Hall–Kier alpha value is -0.610. The zero-order valence-corrected chi connectivity index (χ0v) is 6.18. The van der Waals surface area contributed by atoms with Gasteiger partial charge in [0.1, 0.15) is 0 Å². The van der Waals surface area contributed by atoms with Crippen LogP contribution in [0.5, 0.6) is 0 Å². The number of unbranched alkanes of at least 4 members (excludes halogenated alkanes) is 2. The summed E-state index contributed by atoms with van der Waals surface area (Å²) in [6.45, 7) is 2.07. The Labute approximate surface area is 60.5 Å². The lowest BCUT2D eigenvalue weighted by atomic mass is 10.2. The summed E-state index contributed by atoms with van der Waals surface area (Å²) in [7, 11) is 0. The van der Waals surface area contributed by atoms with Crippen molar-refractivity contribution in [2.45, 2.75) is 32.6 Å². The van der Waals surface area contributed by atoms with Gasteiger partial charge >= 0.3 is 0 Å². The van der Waals surface area contributed by atoms with Crippen molar-refractivity contribution in [2.24, 2.45) is 0 Å². The van der Waals surface area contributed by atoms with Gasteiger partial charge in [-0.2, -0.15) is 0 Å². The van der Waals surface area contributed by atoms with Crippen molar-refractivity contribution in [1.29, 1.82) is 0 Å². The highest BCUT2D eigenvalue weighted by molar-refractivity contribution is 5.75. The smallest absolute Gasteiger partial charge is 0.235 e. The molecular formula is C6H14N2O2. The molecule has 0 saturated heterocycles. The van der Waals surface area contributed by atoms with Crippen molar-refractivity contribution in [1.82, 2.24) is 11.0 Å². The molecule has 0 radical (unpaired) electrons. The Bertz CT molecular complexity index is 95.7. The fourth-order valence-electron chi connectivity index (χ4n) is 0.660. The molecule has 60 valence electrons. The van der Waals surface area contributed by atoms with Crippen molar-refractivity contribution in [3.8, 4) is 0 Å². The van der Waals surface area contributed by atoms with Gasteiger partial charge in [0.25, 0.3) is 0 Å². The number of rotatable bonds is 5. The van der Waals surface area contributed by atoms with E-state index in [1.807, 2.05) is 0 Å². The predicted molar refractivity (Wildman–Crippen MR) is 37.2 cm³/mol. The highest BCUT2D eigenvalue weighted by Crippen LogP contribution is 1.97. The van der Waals surface area contributed by atoms with Crippen molar-refractivity contribution in [3.05, 3.63) is 0 Å². The Morgan fingerprint density at radius 2 is 2.20 bits per heavy atom. The molecule has 0 spiro atoms. The van der Waals surface area contributed by atoms with Crippen LogP contribution < -0.4 is 11.0 Å². The van der Waals surface area contributed by atoms with Gasteiger partial charge in [-0.25, -0.2) is 0 Å². The van der Waals surface area contributed by atoms with Gasteiger partial charge in [-0.15, -0.1) is 5.59 Å². The van der Waals surface area contributed by atoms with E-state index in [-0.39, 0.29) is 5.91 Å². The van der Waals surface area contributed by atoms with Crippen LogP contribution in [0.15, 0.2) is 0 Å². The molecule has 0 atom stereocenters. The van der Waals surface area contributed by atoms with E-state index in [9.17, 15) is 4.79 Å². The van der Waals surface area contributed by atoms with Crippen LogP contribution in [-0.4, -0.2) is 11.1 Å². The average molecular weight is 146 g/mol. The van der Waals surface area contributed by atoms with Crippen LogP contribution in [0.25, 0.3) is 0 Å². The predicted octanol–water partition coefficient (Wildman–Crippen LogP) is 0.577. The second-order valence-electron chi connectivity index (χ2n) is 2.12. The van der Waals surface area contributed by atoms with Crippen LogP contribution in [0, 0.1) is 0 Å². The summed E-state index contributed by atoms with van der Waals surface area (Å²) in [5.41, 5.74) is 3.67. The first-order valence-corrected chi connectivity index (χ1v) is 3.49. The Morgan fingerprint density at radius 1 is 1.50 bits per heavy atom. The number of amides is 1. The molecule has 0 saturated carbocycles. The molecule has 0 aliphatic heterocycles. The highest BCUT2D eigenvalue weighted by atomic mass is 16.5. The summed E-state index contributed by atoms with van der Waals surface area (Å²) < 4.78 is 0. The molecule has 0 rings (SSSR count). The first kappa shape index (κ1) is 9.39. The minimum absolute atomic E-state index is 0.170. The van der Waals surface area contributed by atoms with E-state index >= 15 is 0 Å². The van der Waals surface area contributed by atoms with Gasteiger partial charge in [-0.05, 0) is 6.42 Å². The lowest BCUT2D eigenvalue weighted by Crippen LogP contribution is -2.34. The Kier molecular flexibility index (Phi) is 6.11. The second kappa shape index (κ2) is 6.51. The quantitative estimate of drug-likeness (QED) is 0.392. The molecule has 0 unspecified atom stereocenters. The Morgan fingerprint density at radius 3 is 2.70 bits per heavy atom. The highest BCUT2D eigenvalue weighted by Gasteiger charge is 1.96. The van der Waals surface area contributed by atoms with Crippen LogP contribution in [0.4, 0.5) is 0 Å². The van der Waals surface area contributed by atoms with Crippen LogP contribution in [-0.2, 0) is 4.79 Å². The topological polar surface area (TPSA) is 61.4 Å². The molecule has 3 N–H and O–H groups in total.